The van der Waals surface area contributed by atoms with Crippen LogP contribution < -0.4 is 0 Å². The molecule has 0 aromatic carbocycles. The number of aliphatic hydroxyl groups is 2. The summed E-state index contributed by atoms with van der Waals surface area (Å²) in [6, 6.07) is 0. The molecule has 0 radical (unpaired) electrons. The molecule has 3 nitrogen and oxygen atoms in total. The van der Waals surface area contributed by atoms with Crippen molar-refractivity contribution >= 4 is 29.6 Å². The number of hydrogen-bond acceptors (Lipinski definition) is 3. The van der Waals surface area contributed by atoms with Gasteiger partial charge in [0.15, 0.2) is 0 Å². The standard InChI is InChI=1S/C24H50O.C2H6O2.Na.H/c1-3-5-7-9-11-13-15-17-19-21-23-25-24-22-20-18-16-14-12-10-8-6-4-2;3-1-2-4;;/h3-24H2,1-2H3;3-4H,1-2H2;;. The zero-order valence-electron chi connectivity index (χ0n) is 20.3. The number of aliphatic hydroxyl groups excluding tert-OH is 2. The van der Waals surface area contributed by atoms with Crippen LogP contribution in [0.25, 0.3) is 0 Å². The van der Waals surface area contributed by atoms with Crippen molar-refractivity contribution in [2.75, 3.05) is 26.4 Å². The summed E-state index contributed by atoms with van der Waals surface area (Å²) in [7, 11) is 0. The third-order valence-corrected chi connectivity index (χ3v) is 5.38. The summed E-state index contributed by atoms with van der Waals surface area (Å²) in [5, 5.41) is 15.2. The minimum atomic E-state index is -0.125. The fourth-order valence-corrected chi connectivity index (χ4v) is 3.49. The molecule has 0 unspecified atom stereocenters. The van der Waals surface area contributed by atoms with Crippen LogP contribution in [0.5, 0.6) is 0 Å². The molecule has 0 aromatic rings. The van der Waals surface area contributed by atoms with Gasteiger partial charge in [-0.15, -0.1) is 0 Å². The van der Waals surface area contributed by atoms with Crippen molar-refractivity contribution in [1.82, 2.24) is 0 Å². The van der Waals surface area contributed by atoms with Gasteiger partial charge < -0.3 is 14.9 Å². The second-order valence-electron chi connectivity index (χ2n) is 8.42. The monoisotopic (exact) mass is 440 g/mol. The predicted octanol–water partition coefficient (Wildman–Crippen LogP) is 7.17. The summed E-state index contributed by atoms with van der Waals surface area (Å²) in [6.45, 7) is 6.32. The summed E-state index contributed by atoms with van der Waals surface area (Å²) in [5.41, 5.74) is 0. The van der Waals surface area contributed by atoms with Gasteiger partial charge >= 0.3 is 29.6 Å². The van der Waals surface area contributed by atoms with Gasteiger partial charge in [-0.1, -0.05) is 129 Å². The van der Waals surface area contributed by atoms with E-state index in [1.807, 2.05) is 0 Å². The molecule has 0 saturated heterocycles. The van der Waals surface area contributed by atoms with E-state index in [0.717, 1.165) is 13.2 Å². The topological polar surface area (TPSA) is 49.7 Å². The van der Waals surface area contributed by atoms with E-state index >= 15 is 0 Å². The summed E-state index contributed by atoms with van der Waals surface area (Å²) >= 11 is 0. The molecule has 0 atom stereocenters. The summed E-state index contributed by atoms with van der Waals surface area (Å²) in [5.74, 6) is 0. The minimum absolute atomic E-state index is 0. The first kappa shape index (κ1) is 35.5. The molecule has 0 aliphatic carbocycles. The van der Waals surface area contributed by atoms with E-state index in [4.69, 9.17) is 14.9 Å². The average Bonchev–Trinajstić information content (AvgIpc) is 2.75. The first-order valence-corrected chi connectivity index (χ1v) is 13.1. The number of unbranched alkanes of at least 4 members (excludes halogenated alkanes) is 18. The van der Waals surface area contributed by atoms with Crippen LogP contribution in [0.1, 0.15) is 142 Å². The van der Waals surface area contributed by atoms with Crippen molar-refractivity contribution in [2.45, 2.75) is 142 Å². The molecule has 0 aromatic heterocycles. The molecule has 0 bridgehead atoms. The van der Waals surface area contributed by atoms with Gasteiger partial charge in [0.05, 0.1) is 13.2 Å². The molecule has 0 aliphatic heterocycles. The molecule has 0 amide bonds. The Bertz CT molecular complexity index is 228. The Hall–Kier alpha value is 0.880. The number of ether oxygens (including phenoxy) is 1. The van der Waals surface area contributed by atoms with E-state index in [-0.39, 0.29) is 42.8 Å². The van der Waals surface area contributed by atoms with Gasteiger partial charge in [-0.2, -0.15) is 0 Å². The van der Waals surface area contributed by atoms with E-state index < -0.39 is 0 Å². The Morgan fingerprint density at radius 3 is 0.867 bits per heavy atom. The molecule has 0 heterocycles. The molecule has 0 rings (SSSR count). The molecule has 0 spiro atoms. The van der Waals surface area contributed by atoms with Gasteiger partial charge in [-0.25, -0.2) is 0 Å². The first-order valence-electron chi connectivity index (χ1n) is 13.1. The Labute approximate surface area is 212 Å². The zero-order chi connectivity index (χ0) is 21.7. The molecular weight excluding hydrogens is 383 g/mol. The molecule has 30 heavy (non-hydrogen) atoms. The van der Waals surface area contributed by atoms with Gasteiger partial charge in [0.25, 0.3) is 0 Å². The van der Waals surface area contributed by atoms with Gasteiger partial charge in [0.1, 0.15) is 0 Å². The third kappa shape index (κ3) is 39.4. The third-order valence-electron chi connectivity index (χ3n) is 5.38. The Kier molecular flexibility index (Phi) is 44.0. The Morgan fingerprint density at radius 2 is 0.633 bits per heavy atom. The van der Waals surface area contributed by atoms with Crippen LogP contribution >= 0.6 is 0 Å². The fraction of sp³-hybridized carbons (Fsp3) is 1.00. The summed E-state index contributed by atoms with van der Waals surface area (Å²) in [4.78, 5) is 0. The Balaban J connectivity index is -0.00000133. The quantitative estimate of drug-likeness (QED) is 0.131. The normalized spacial score (nSPS) is 10.4. The van der Waals surface area contributed by atoms with E-state index in [2.05, 4.69) is 13.8 Å². The zero-order valence-corrected chi connectivity index (χ0v) is 20.3. The number of rotatable bonds is 23. The maximum atomic E-state index is 7.62. The van der Waals surface area contributed by atoms with Crippen molar-refractivity contribution in [3.05, 3.63) is 0 Å². The van der Waals surface area contributed by atoms with Crippen LogP contribution in [-0.2, 0) is 4.74 Å². The molecule has 4 heteroatoms. The van der Waals surface area contributed by atoms with Crippen molar-refractivity contribution < 1.29 is 14.9 Å². The van der Waals surface area contributed by atoms with Gasteiger partial charge in [0.2, 0.25) is 0 Å². The summed E-state index contributed by atoms with van der Waals surface area (Å²) < 4.78 is 5.78. The van der Waals surface area contributed by atoms with Crippen LogP contribution in [0.4, 0.5) is 0 Å². The Morgan fingerprint density at radius 1 is 0.400 bits per heavy atom. The molecule has 2 N–H and O–H groups in total. The first-order chi connectivity index (χ1) is 14.3. The van der Waals surface area contributed by atoms with Gasteiger partial charge in [0, 0.05) is 13.2 Å². The van der Waals surface area contributed by atoms with Crippen LogP contribution in [0.3, 0.4) is 0 Å². The summed E-state index contributed by atoms with van der Waals surface area (Å²) in [6.07, 6.45) is 28.2. The molecule has 180 valence electrons. The van der Waals surface area contributed by atoms with Crippen molar-refractivity contribution in [1.29, 1.82) is 0 Å². The van der Waals surface area contributed by atoms with E-state index in [1.165, 1.54) is 128 Å². The van der Waals surface area contributed by atoms with Crippen LogP contribution in [0.2, 0.25) is 0 Å². The SMILES string of the molecule is CCCCCCCCCCCCOCCCCCCCCCCCC.OCCO.[NaH]. The second-order valence-corrected chi connectivity index (χ2v) is 8.42. The van der Waals surface area contributed by atoms with Crippen LogP contribution in [-0.4, -0.2) is 66.2 Å². The van der Waals surface area contributed by atoms with E-state index in [1.54, 1.807) is 0 Å². The fourth-order valence-electron chi connectivity index (χ4n) is 3.49. The van der Waals surface area contributed by atoms with Crippen molar-refractivity contribution in [2.24, 2.45) is 0 Å². The average molecular weight is 441 g/mol. The number of hydrogen-bond donors (Lipinski definition) is 2. The molecular formula is C26H57NaO3. The maximum absolute atomic E-state index is 7.62. The second kappa shape index (κ2) is 37.2. The molecule has 0 saturated carbocycles. The van der Waals surface area contributed by atoms with E-state index in [0.29, 0.717) is 0 Å². The van der Waals surface area contributed by atoms with Crippen LogP contribution in [0, 0.1) is 0 Å². The van der Waals surface area contributed by atoms with Crippen molar-refractivity contribution in [3.63, 3.8) is 0 Å². The molecule has 0 fully saturated rings. The van der Waals surface area contributed by atoms with Gasteiger partial charge in [-0.05, 0) is 12.8 Å². The predicted molar refractivity (Wildman–Crippen MR) is 136 cm³/mol. The van der Waals surface area contributed by atoms with E-state index in [9.17, 15) is 0 Å². The molecule has 0 aliphatic rings. The van der Waals surface area contributed by atoms with Crippen molar-refractivity contribution in [3.8, 4) is 0 Å². The van der Waals surface area contributed by atoms with Gasteiger partial charge in [-0.3, -0.25) is 0 Å². The van der Waals surface area contributed by atoms with Crippen LogP contribution in [0.15, 0.2) is 0 Å².